The maximum Gasteiger partial charge on any atom is 0.0405 e. The standard InChI is InChI=1S/C24H34N2/c1-16(2)15-22-23(17(3)4)24(18-11-13-19(25-5)14-12-18)20-9-7-8-10-21(20)26(22)6/h7-14,16-17,22-25H,15H2,1-6H3/t22-,23-,24+/m0/s1. The zero-order valence-electron chi connectivity index (χ0n) is 17.2. The van der Waals surface area contributed by atoms with Gasteiger partial charge in [0.1, 0.15) is 0 Å². The van der Waals surface area contributed by atoms with Crippen LogP contribution in [-0.2, 0) is 0 Å². The number of nitrogens with one attached hydrogen (secondary N) is 1. The lowest BCUT2D eigenvalue weighted by molar-refractivity contribution is 0.242. The van der Waals surface area contributed by atoms with Crippen LogP contribution in [0, 0.1) is 17.8 Å². The van der Waals surface area contributed by atoms with Gasteiger partial charge in [0, 0.05) is 37.4 Å². The summed E-state index contributed by atoms with van der Waals surface area (Å²) in [6.45, 7) is 9.49. The predicted molar refractivity (Wildman–Crippen MR) is 114 cm³/mol. The molecule has 140 valence electrons. The highest BCUT2D eigenvalue weighted by Gasteiger charge is 2.41. The Balaban J connectivity index is 2.14. The fourth-order valence-electron chi connectivity index (χ4n) is 4.82. The van der Waals surface area contributed by atoms with Gasteiger partial charge in [-0.3, -0.25) is 0 Å². The SMILES string of the molecule is CNc1ccc([C@@H]2c3ccccc3N(C)[C@@H](CC(C)C)[C@@H]2C(C)C)cc1. The minimum absolute atomic E-state index is 0.456. The van der Waals surface area contributed by atoms with E-state index in [1.165, 1.54) is 28.9 Å². The minimum Gasteiger partial charge on any atom is -0.388 e. The number of hydrogen-bond donors (Lipinski definition) is 1. The van der Waals surface area contributed by atoms with Crippen LogP contribution in [-0.4, -0.2) is 20.1 Å². The number of nitrogens with zero attached hydrogens (tertiary/aromatic N) is 1. The highest BCUT2D eigenvalue weighted by atomic mass is 15.2. The third-order valence-electron chi connectivity index (χ3n) is 6.02. The van der Waals surface area contributed by atoms with Gasteiger partial charge in [-0.15, -0.1) is 0 Å². The maximum absolute atomic E-state index is 3.24. The topological polar surface area (TPSA) is 15.3 Å². The van der Waals surface area contributed by atoms with Gasteiger partial charge in [0.25, 0.3) is 0 Å². The fraction of sp³-hybridized carbons (Fsp3) is 0.500. The maximum atomic E-state index is 3.24. The molecule has 26 heavy (non-hydrogen) atoms. The third kappa shape index (κ3) is 3.47. The largest absolute Gasteiger partial charge is 0.388 e. The molecule has 0 aliphatic carbocycles. The van der Waals surface area contributed by atoms with Gasteiger partial charge in [-0.2, -0.15) is 0 Å². The van der Waals surface area contributed by atoms with Gasteiger partial charge in [-0.25, -0.2) is 0 Å². The lowest BCUT2D eigenvalue weighted by atomic mass is 9.67. The summed E-state index contributed by atoms with van der Waals surface area (Å²) < 4.78 is 0. The van der Waals surface area contributed by atoms with E-state index in [1.807, 2.05) is 7.05 Å². The summed E-state index contributed by atoms with van der Waals surface area (Å²) in [5.74, 6) is 2.39. The minimum atomic E-state index is 0.456. The van der Waals surface area contributed by atoms with Gasteiger partial charge >= 0.3 is 0 Å². The monoisotopic (exact) mass is 350 g/mol. The van der Waals surface area contributed by atoms with Crippen LogP contribution in [0.15, 0.2) is 48.5 Å². The van der Waals surface area contributed by atoms with E-state index in [0.717, 1.165) is 0 Å². The molecule has 0 amide bonds. The van der Waals surface area contributed by atoms with Crippen molar-refractivity contribution in [1.82, 2.24) is 0 Å². The molecule has 0 radical (unpaired) electrons. The molecule has 1 aliphatic heterocycles. The summed E-state index contributed by atoms with van der Waals surface area (Å²) in [6, 6.07) is 18.6. The Morgan fingerprint density at radius 2 is 1.62 bits per heavy atom. The molecule has 3 atom stereocenters. The number of hydrogen-bond acceptors (Lipinski definition) is 2. The van der Waals surface area contributed by atoms with Crippen molar-refractivity contribution in [1.29, 1.82) is 0 Å². The lowest BCUT2D eigenvalue weighted by Gasteiger charge is -2.49. The van der Waals surface area contributed by atoms with Crippen molar-refractivity contribution < 1.29 is 0 Å². The number of fused-ring (bicyclic) bond motifs is 1. The van der Waals surface area contributed by atoms with Crippen LogP contribution in [0.25, 0.3) is 0 Å². The van der Waals surface area contributed by atoms with Gasteiger partial charge in [0.2, 0.25) is 0 Å². The zero-order chi connectivity index (χ0) is 18.8. The second-order valence-electron chi connectivity index (χ2n) is 8.54. The lowest BCUT2D eigenvalue weighted by Crippen LogP contribution is -2.48. The van der Waals surface area contributed by atoms with Crippen LogP contribution in [0.1, 0.15) is 51.2 Å². The molecule has 1 N–H and O–H groups in total. The van der Waals surface area contributed by atoms with Crippen molar-refractivity contribution in [2.45, 2.75) is 46.1 Å². The van der Waals surface area contributed by atoms with E-state index >= 15 is 0 Å². The average molecular weight is 351 g/mol. The second kappa shape index (κ2) is 7.73. The first-order chi connectivity index (χ1) is 12.4. The molecule has 1 heterocycles. The smallest absolute Gasteiger partial charge is 0.0405 e. The summed E-state index contributed by atoms with van der Waals surface area (Å²) in [7, 11) is 4.27. The predicted octanol–water partition coefficient (Wildman–Crippen LogP) is 6.00. The van der Waals surface area contributed by atoms with E-state index < -0.39 is 0 Å². The summed E-state index contributed by atoms with van der Waals surface area (Å²) in [4.78, 5) is 2.55. The molecule has 0 spiro atoms. The molecule has 0 unspecified atom stereocenters. The Labute approximate surface area is 159 Å². The molecule has 2 heteroatoms. The van der Waals surface area contributed by atoms with E-state index in [4.69, 9.17) is 0 Å². The molecule has 0 fully saturated rings. The van der Waals surface area contributed by atoms with Crippen molar-refractivity contribution in [3.8, 4) is 0 Å². The van der Waals surface area contributed by atoms with E-state index in [1.54, 1.807) is 0 Å². The number of rotatable bonds is 5. The molecule has 2 aromatic carbocycles. The van der Waals surface area contributed by atoms with Crippen LogP contribution in [0.2, 0.25) is 0 Å². The van der Waals surface area contributed by atoms with E-state index in [2.05, 4.69) is 93.5 Å². The second-order valence-corrected chi connectivity index (χ2v) is 8.54. The highest BCUT2D eigenvalue weighted by molar-refractivity contribution is 5.61. The molecule has 1 aliphatic rings. The van der Waals surface area contributed by atoms with Crippen LogP contribution in [0.5, 0.6) is 0 Å². The van der Waals surface area contributed by atoms with E-state index in [-0.39, 0.29) is 0 Å². The first-order valence-corrected chi connectivity index (χ1v) is 10.0. The van der Waals surface area contributed by atoms with Crippen molar-refractivity contribution in [2.24, 2.45) is 17.8 Å². The molecule has 2 nitrogen and oxygen atoms in total. The normalized spacial score (nSPS) is 22.6. The summed E-state index contributed by atoms with van der Waals surface area (Å²) in [5, 5.41) is 3.24. The quantitative estimate of drug-likeness (QED) is 0.712. The van der Waals surface area contributed by atoms with Crippen molar-refractivity contribution in [3.05, 3.63) is 59.7 Å². The number of para-hydroxylation sites is 1. The van der Waals surface area contributed by atoms with Crippen LogP contribution >= 0.6 is 0 Å². The van der Waals surface area contributed by atoms with Gasteiger partial charge in [0.05, 0.1) is 0 Å². The molecule has 0 aromatic heterocycles. The van der Waals surface area contributed by atoms with Crippen LogP contribution < -0.4 is 10.2 Å². The summed E-state index contributed by atoms with van der Waals surface area (Å²) in [5.41, 5.74) is 5.50. The Bertz CT molecular complexity index is 717. The molecular formula is C24H34N2. The highest BCUT2D eigenvalue weighted by Crippen LogP contribution is 2.49. The number of benzene rings is 2. The first kappa shape index (κ1) is 18.8. The fourth-order valence-corrected chi connectivity index (χ4v) is 4.82. The van der Waals surface area contributed by atoms with Gasteiger partial charge < -0.3 is 10.2 Å². The van der Waals surface area contributed by atoms with Crippen molar-refractivity contribution in [2.75, 3.05) is 24.3 Å². The van der Waals surface area contributed by atoms with Gasteiger partial charge in [0.15, 0.2) is 0 Å². The molecule has 0 bridgehead atoms. The van der Waals surface area contributed by atoms with Crippen molar-refractivity contribution >= 4 is 11.4 Å². The Kier molecular flexibility index (Phi) is 5.60. The molecule has 2 aromatic rings. The summed E-state index contributed by atoms with van der Waals surface area (Å²) >= 11 is 0. The number of anilines is 2. The van der Waals surface area contributed by atoms with Gasteiger partial charge in [-0.1, -0.05) is 58.0 Å². The zero-order valence-corrected chi connectivity index (χ0v) is 17.2. The van der Waals surface area contributed by atoms with Gasteiger partial charge in [-0.05, 0) is 53.5 Å². The molecular weight excluding hydrogens is 316 g/mol. The van der Waals surface area contributed by atoms with Crippen molar-refractivity contribution in [3.63, 3.8) is 0 Å². The summed E-state index contributed by atoms with van der Waals surface area (Å²) in [6.07, 6.45) is 1.23. The third-order valence-corrected chi connectivity index (χ3v) is 6.02. The Hall–Kier alpha value is -1.96. The Morgan fingerprint density at radius 1 is 0.962 bits per heavy atom. The average Bonchev–Trinajstić information content (AvgIpc) is 2.63. The van der Waals surface area contributed by atoms with Crippen LogP contribution in [0.3, 0.4) is 0 Å². The van der Waals surface area contributed by atoms with E-state index in [9.17, 15) is 0 Å². The molecule has 0 saturated carbocycles. The Morgan fingerprint density at radius 3 is 2.19 bits per heavy atom. The van der Waals surface area contributed by atoms with E-state index in [0.29, 0.717) is 29.7 Å². The molecule has 0 saturated heterocycles. The molecule has 3 rings (SSSR count). The van der Waals surface area contributed by atoms with Crippen LogP contribution in [0.4, 0.5) is 11.4 Å². The first-order valence-electron chi connectivity index (χ1n) is 10.0.